The topological polar surface area (TPSA) is 69.4 Å². The van der Waals surface area contributed by atoms with E-state index in [0.717, 1.165) is 37.0 Å². The van der Waals surface area contributed by atoms with Crippen LogP contribution < -0.4 is 5.14 Å². The van der Waals surface area contributed by atoms with Gasteiger partial charge in [-0.25, -0.2) is 13.6 Å². The van der Waals surface area contributed by atoms with Crippen LogP contribution in [0.5, 0.6) is 0 Å². The summed E-state index contributed by atoms with van der Waals surface area (Å²) in [6, 6.07) is 6.98. The highest BCUT2D eigenvalue weighted by atomic mass is 35.5. The van der Waals surface area contributed by atoms with E-state index in [1.54, 1.807) is 19.2 Å². The van der Waals surface area contributed by atoms with Gasteiger partial charge < -0.3 is 4.74 Å². The van der Waals surface area contributed by atoms with Gasteiger partial charge in [0.15, 0.2) is 0 Å². The van der Waals surface area contributed by atoms with Crippen LogP contribution in [0.15, 0.2) is 57.7 Å². The van der Waals surface area contributed by atoms with E-state index in [4.69, 9.17) is 21.5 Å². The van der Waals surface area contributed by atoms with Gasteiger partial charge >= 0.3 is 0 Å². The van der Waals surface area contributed by atoms with E-state index in [1.165, 1.54) is 24.0 Å². The van der Waals surface area contributed by atoms with Crippen molar-refractivity contribution in [2.24, 2.45) is 16.5 Å². The third-order valence-electron chi connectivity index (χ3n) is 6.05. The van der Waals surface area contributed by atoms with Crippen LogP contribution in [0.4, 0.5) is 0 Å². The summed E-state index contributed by atoms with van der Waals surface area (Å²) in [4.78, 5) is 0.152. The molecule has 1 fully saturated rings. The number of methoxy groups -OCH3 is 1. The predicted octanol–water partition coefficient (Wildman–Crippen LogP) is 4.72. The molecule has 3 aliphatic rings. The molecule has 1 atom stereocenters. The molecule has 4 rings (SSSR count). The minimum atomic E-state index is -3.67. The molecule has 1 aromatic rings. The van der Waals surface area contributed by atoms with Gasteiger partial charge in [0, 0.05) is 5.92 Å². The van der Waals surface area contributed by atoms with Gasteiger partial charge in [-0.05, 0) is 73.3 Å². The van der Waals surface area contributed by atoms with Crippen molar-refractivity contribution in [2.45, 2.75) is 43.4 Å². The zero-order chi connectivity index (χ0) is 19.2. The summed E-state index contributed by atoms with van der Waals surface area (Å²) in [5, 5.41) is 5.91. The molecular weight excluding hydrogens is 382 g/mol. The number of hydrogen-bond acceptors (Lipinski definition) is 3. The molecule has 1 aromatic carbocycles. The highest BCUT2D eigenvalue weighted by Gasteiger charge is 2.49. The molecule has 0 bridgehead atoms. The molecule has 0 radical (unpaired) electrons. The maximum atomic E-state index is 11.5. The third-order valence-corrected chi connectivity index (χ3v) is 7.29. The number of halogens is 1. The van der Waals surface area contributed by atoms with Crippen molar-refractivity contribution in [3.63, 3.8) is 0 Å². The number of rotatable bonds is 4. The van der Waals surface area contributed by atoms with Crippen LogP contribution in [0.3, 0.4) is 0 Å². The monoisotopic (exact) mass is 405 g/mol. The third kappa shape index (κ3) is 3.73. The molecule has 0 amide bonds. The SMILES string of the molecule is COC1=CCCC(C2=C(c3ccc(S(N)(=O)=O)cc3)CC3(CC3)C2)C=C1Cl. The first kappa shape index (κ1) is 18.8. The lowest BCUT2D eigenvalue weighted by Gasteiger charge is -2.17. The van der Waals surface area contributed by atoms with Crippen LogP contribution in [0.25, 0.3) is 5.57 Å². The van der Waals surface area contributed by atoms with Crippen LogP contribution in [-0.2, 0) is 14.8 Å². The van der Waals surface area contributed by atoms with Crippen molar-refractivity contribution in [3.05, 3.63) is 58.3 Å². The molecule has 1 unspecified atom stereocenters. The average molecular weight is 406 g/mol. The molecule has 3 aliphatic carbocycles. The maximum absolute atomic E-state index is 11.5. The maximum Gasteiger partial charge on any atom is 0.238 e. The van der Waals surface area contributed by atoms with Crippen molar-refractivity contribution in [2.75, 3.05) is 7.11 Å². The number of ether oxygens (including phenoxy) is 1. The summed E-state index contributed by atoms with van der Waals surface area (Å²) >= 11 is 6.48. The molecule has 144 valence electrons. The van der Waals surface area contributed by atoms with Crippen LogP contribution in [0.2, 0.25) is 0 Å². The average Bonchev–Trinajstić information content (AvgIpc) is 3.31. The Hall–Kier alpha value is -1.56. The van der Waals surface area contributed by atoms with Gasteiger partial charge in [-0.3, -0.25) is 0 Å². The van der Waals surface area contributed by atoms with Gasteiger partial charge in [0.1, 0.15) is 5.76 Å². The lowest BCUT2D eigenvalue weighted by Crippen LogP contribution is -2.11. The zero-order valence-corrected chi connectivity index (χ0v) is 16.9. The molecule has 6 heteroatoms. The Balaban J connectivity index is 1.71. The Labute approximate surface area is 165 Å². The van der Waals surface area contributed by atoms with Crippen molar-refractivity contribution in [1.29, 1.82) is 0 Å². The molecule has 0 heterocycles. The number of allylic oxidation sites excluding steroid dienone is 5. The van der Waals surface area contributed by atoms with E-state index < -0.39 is 10.0 Å². The van der Waals surface area contributed by atoms with E-state index >= 15 is 0 Å². The Kier molecular flexibility index (Phi) is 4.73. The fourth-order valence-electron chi connectivity index (χ4n) is 4.37. The van der Waals surface area contributed by atoms with Gasteiger partial charge in [-0.2, -0.15) is 0 Å². The van der Waals surface area contributed by atoms with Crippen molar-refractivity contribution in [1.82, 2.24) is 0 Å². The number of nitrogens with two attached hydrogens (primary N) is 1. The normalized spacial score (nSPS) is 24.5. The Morgan fingerprint density at radius 3 is 2.48 bits per heavy atom. The van der Waals surface area contributed by atoms with E-state index in [2.05, 4.69) is 12.2 Å². The van der Waals surface area contributed by atoms with E-state index in [9.17, 15) is 8.42 Å². The summed E-state index contributed by atoms with van der Waals surface area (Å²) in [7, 11) is -2.02. The second-order valence-electron chi connectivity index (χ2n) is 7.90. The molecule has 1 saturated carbocycles. The van der Waals surface area contributed by atoms with Gasteiger partial charge in [0.25, 0.3) is 0 Å². The summed E-state index contributed by atoms with van der Waals surface area (Å²) in [6.07, 6.45) is 10.8. The number of hydrogen-bond donors (Lipinski definition) is 1. The second kappa shape index (κ2) is 6.80. The lowest BCUT2D eigenvalue weighted by molar-refractivity contribution is 0.303. The standard InChI is InChI=1S/C21H24ClNO3S/c1-26-20-4-2-3-15(11-19(20)22)18-13-21(9-10-21)12-17(18)14-5-7-16(8-6-14)27(23,24)25/h4-8,11,15H,2-3,9-10,12-13H2,1H3,(H2,23,24,25). The van der Waals surface area contributed by atoms with Crippen LogP contribution >= 0.6 is 11.6 Å². The van der Waals surface area contributed by atoms with Gasteiger partial charge in [0.05, 0.1) is 17.0 Å². The number of primary sulfonamides is 1. The van der Waals surface area contributed by atoms with Crippen LogP contribution in [0, 0.1) is 11.3 Å². The van der Waals surface area contributed by atoms with E-state index in [1.807, 2.05) is 12.1 Å². The number of sulfonamides is 1. The van der Waals surface area contributed by atoms with Crippen molar-refractivity contribution >= 4 is 27.2 Å². The Morgan fingerprint density at radius 1 is 1.19 bits per heavy atom. The molecular formula is C21H24ClNO3S. The first-order chi connectivity index (χ1) is 12.8. The van der Waals surface area contributed by atoms with Crippen molar-refractivity contribution in [3.8, 4) is 0 Å². The molecule has 1 spiro atoms. The first-order valence-corrected chi connectivity index (χ1v) is 11.2. The van der Waals surface area contributed by atoms with Crippen LogP contribution in [-0.4, -0.2) is 15.5 Å². The van der Waals surface area contributed by atoms with E-state index in [0.29, 0.717) is 10.4 Å². The summed E-state index contributed by atoms with van der Waals surface area (Å²) in [5.74, 6) is 1.03. The quantitative estimate of drug-likeness (QED) is 0.787. The summed E-state index contributed by atoms with van der Waals surface area (Å²) < 4.78 is 28.5. The Morgan fingerprint density at radius 2 is 1.89 bits per heavy atom. The predicted molar refractivity (Wildman–Crippen MR) is 107 cm³/mol. The zero-order valence-electron chi connectivity index (χ0n) is 15.4. The smallest absolute Gasteiger partial charge is 0.238 e. The molecule has 4 nitrogen and oxygen atoms in total. The summed E-state index contributed by atoms with van der Waals surface area (Å²) in [5.41, 5.74) is 4.29. The molecule has 0 saturated heterocycles. The second-order valence-corrected chi connectivity index (χ2v) is 9.87. The van der Waals surface area contributed by atoms with Gasteiger partial charge in [-0.1, -0.05) is 35.4 Å². The summed E-state index contributed by atoms with van der Waals surface area (Å²) in [6.45, 7) is 0. The first-order valence-electron chi connectivity index (χ1n) is 9.28. The van der Waals surface area contributed by atoms with Gasteiger partial charge in [0.2, 0.25) is 10.0 Å². The minimum absolute atomic E-state index is 0.152. The molecule has 27 heavy (non-hydrogen) atoms. The van der Waals surface area contributed by atoms with Crippen LogP contribution in [0.1, 0.15) is 44.1 Å². The lowest BCUT2D eigenvalue weighted by atomic mass is 9.89. The molecule has 0 aliphatic heterocycles. The van der Waals surface area contributed by atoms with Crippen molar-refractivity contribution < 1.29 is 13.2 Å². The fourth-order valence-corrected chi connectivity index (χ4v) is 5.19. The minimum Gasteiger partial charge on any atom is -0.496 e. The number of benzene rings is 1. The fraction of sp³-hybridized carbons (Fsp3) is 0.429. The molecule has 2 N–H and O–H groups in total. The highest BCUT2D eigenvalue weighted by molar-refractivity contribution is 7.89. The Bertz CT molecular complexity index is 954. The van der Waals surface area contributed by atoms with Gasteiger partial charge in [-0.15, -0.1) is 0 Å². The molecule has 0 aromatic heterocycles. The highest BCUT2D eigenvalue weighted by Crippen LogP contribution is 2.63. The van der Waals surface area contributed by atoms with E-state index in [-0.39, 0.29) is 10.8 Å². The largest absolute Gasteiger partial charge is 0.496 e.